The Balaban J connectivity index is 2.24. The summed E-state index contributed by atoms with van der Waals surface area (Å²) in [5.41, 5.74) is 13.5. The van der Waals surface area contributed by atoms with Gasteiger partial charge in [-0.25, -0.2) is 4.98 Å². The lowest BCUT2D eigenvalue weighted by Crippen LogP contribution is -1.90. The molecule has 0 aliphatic carbocycles. The molecule has 3 aromatic rings. The number of pyridine rings is 1. The number of rotatable bonds is 1. The van der Waals surface area contributed by atoms with Crippen LogP contribution in [0.3, 0.4) is 0 Å². The van der Waals surface area contributed by atoms with E-state index in [1.54, 1.807) is 0 Å². The first-order valence-corrected chi connectivity index (χ1v) is 6.37. The van der Waals surface area contributed by atoms with Gasteiger partial charge in [0.25, 0.3) is 0 Å². The van der Waals surface area contributed by atoms with Crippen molar-refractivity contribution in [2.24, 2.45) is 0 Å². The first-order chi connectivity index (χ1) is 9.04. The van der Waals surface area contributed by atoms with E-state index in [4.69, 9.17) is 5.73 Å². The molecule has 0 aliphatic rings. The van der Waals surface area contributed by atoms with E-state index < -0.39 is 0 Å². The monoisotopic (exact) mass is 251 g/mol. The molecular weight excluding hydrogens is 234 g/mol. The summed E-state index contributed by atoms with van der Waals surface area (Å²) in [6, 6.07) is 8.21. The third-order valence-corrected chi connectivity index (χ3v) is 3.41. The average Bonchev–Trinajstić information content (AvgIpc) is 2.69. The van der Waals surface area contributed by atoms with Gasteiger partial charge >= 0.3 is 0 Å². The molecule has 0 saturated heterocycles. The van der Waals surface area contributed by atoms with Gasteiger partial charge in [-0.3, -0.25) is 0 Å². The van der Waals surface area contributed by atoms with Gasteiger partial charge in [0.1, 0.15) is 5.65 Å². The smallest absolute Gasteiger partial charge is 0.137 e. The molecule has 0 bridgehead atoms. The Hall–Kier alpha value is -2.29. The van der Waals surface area contributed by atoms with Crippen molar-refractivity contribution in [3.63, 3.8) is 0 Å². The second-order valence-electron chi connectivity index (χ2n) is 5.13. The molecule has 3 nitrogen and oxygen atoms in total. The first kappa shape index (κ1) is 11.8. The minimum absolute atomic E-state index is 0.744. The third-order valence-electron chi connectivity index (χ3n) is 3.41. The predicted octanol–water partition coefficient (Wildman–Crippen LogP) is 3.51. The maximum atomic E-state index is 5.80. The van der Waals surface area contributed by atoms with Gasteiger partial charge < -0.3 is 10.1 Å². The summed E-state index contributed by atoms with van der Waals surface area (Å²) in [7, 11) is 0. The van der Waals surface area contributed by atoms with Crippen molar-refractivity contribution in [3.05, 3.63) is 53.3 Å². The number of hydrogen-bond donors (Lipinski definition) is 1. The van der Waals surface area contributed by atoms with Crippen molar-refractivity contribution in [1.29, 1.82) is 0 Å². The molecular formula is C16H17N3. The van der Waals surface area contributed by atoms with Gasteiger partial charge in [0, 0.05) is 23.6 Å². The highest BCUT2D eigenvalue weighted by Gasteiger charge is 2.10. The van der Waals surface area contributed by atoms with Gasteiger partial charge in [0.15, 0.2) is 0 Å². The Morgan fingerprint density at radius 1 is 1.00 bits per heavy atom. The zero-order valence-electron chi connectivity index (χ0n) is 11.4. The van der Waals surface area contributed by atoms with Gasteiger partial charge in [-0.2, -0.15) is 0 Å². The number of aromatic nitrogens is 2. The molecule has 2 N–H and O–H groups in total. The normalized spacial score (nSPS) is 11.1. The third kappa shape index (κ3) is 1.97. The van der Waals surface area contributed by atoms with Gasteiger partial charge in [-0.15, -0.1) is 0 Å². The molecule has 0 amide bonds. The molecule has 3 rings (SSSR count). The molecule has 0 aliphatic heterocycles. The van der Waals surface area contributed by atoms with Crippen LogP contribution in [0.1, 0.15) is 16.7 Å². The number of nitrogen functional groups attached to an aromatic ring is 1. The summed E-state index contributed by atoms with van der Waals surface area (Å²) in [6.45, 7) is 6.38. The van der Waals surface area contributed by atoms with Crippen molar-refractivity contribution in [2.75, 3.05) is 5.73 Å². The summed E-state index contributed by atoms with van der Waals surface area (Å²) < 4.78 is 1.98. The number of anilines is 1. The van der Waals surface area contributed by atoms with Crippen LogP contribution < -0.4 is 5.73 Å². The van der Waals surface area contributed by atoms with Crippen LogP contribution in [0, 0.1) is 20.8 Å². The summed E-state index contributed by atoms with van der Waals surface area (Å²) in [5, 5.41) is 0. The fourth-order valence-electron chi connectivity index (χ4n) is 2.71. The zero-order valence-corrected chi connectivity index (χ0v) is 11.4. The van der Waals surface area contributed by atoms with Crippen LogP contribution >= 0.6 is 0 Å². The Morgan fingerprint density at radius 3 is 2.37 bits per heavy atom. The van der Waals surface area contributed by atoms with E-state index in [1.165, 1.54) is 22.3 Å². The van der Waals surface area contributed by atoms with Crippen LogP contribution in [0.15, 0.2) is 36.7 Å². The molecule has 0 saturated carbocycles. The maximum Gasteiger partial charge on any atom is 0.137 e. The lowest BCUT2D eigenvalue weighted by molar-refractivity contribution is 1.19. The summed E-state index contributed by atoms with van der Waals surface area (Å²) in [5.74, 6) is 0. The second kappa shape index (κ2) is 4.12. The van der Waals surface area contributed by atoms with E-state index >= 15 is 0 Å². The van der Waals surface area contributed by atoms with Crippen molar-refractivity contribution in [2.45, 2.75) is 20.8 Å². The van der Waals surface area contributed by atoms with E-state index in [1.807, 2.05) is 28.9 Å². The number of aryl methyl sites for hydroxylation is 3. The molecule has 1 aromatic carbocycles. The number of imidazole rings is 1. The molecule has 2 heterocycles. The molecule has 0 spiro atoms. The topological polar surface area (TPSA) is 43.3 Å². The van der Waals surface area contributed by atoms with E-state index in [0.717, 1.165) is 17.0 Å². The molecule has 19 heavy (non-hydrogen) atoms. The maximum absolute atomic E-state index is 5.80. The SMILES string of the molecule is Cc1cc(C)c(-c2cn3cc(N)ccc3n2)c(C)c1. The minimum Gasteiger partial charge on any atom is -0.398 e. The standard InChI is InChI=1S/C16H17N3/c1-10-6-11(2)16(12(3)7-10)14-9-19-8-13(17)4-5-15(19)18-14/h4-9H,17H2,1-3H3. The van der Waals surface area contributed by atoms with Crippen LogP contribution in [0.4, 0.5) is 5.69 Å². The highest BCUT2D eigenvalue weighted by atomic mass is 15.0. The van der Waals surface area contributed by atoms with Crippen molar-refractivity contribution in [3.8, 4) is 11.3 Å². The van der Waals surface area contributed by atoms with E-state index in [0.29, 0.717) is 0 Å². The van der Waals surface area contributed by atoms with Crippen molar-refractivity contribution in [1.82, 2.24) is 9.38 Å². The van der Waals surface area contributed by atoms with Crippen LogP contribution in [-0.4, -0.2) is 9.38 Å². The largest absolute Gasteiger partial charge is 0.398 e. The molecule has 3 heteroatoms. The second-order valence-corrected chi connectivity index (χ2v) is 5.13. The average molecular weight is 251 g/mol. The lowest BCUT2D eigenvalue weighted by Gasteiger charge is -2.08. The van der Waals surface area contributed by atoms with Gasteiger partial charge in [0.2, 0.25) is 0 Å². The van der Waals surface area contributed by atoms with Crippen LogP contribution in [0.5, 0.6) is 0 Å². The molecule has 0 unspecified atom stereocenters. The van der Waals surface area contributed by atoms with Crippen LogP contribution in [0.25, 0.3) is 16.9 Å². The quantitative estimate of drug-likeness (QED) is 0.719. The molecule has 0 atom stereocenters. The van der Waals surface area contributed by atoms with E-state index in [2.05, 4.69) is 37.9 Å². The van der Waals surface area contributed by atoms with Crippen LogP contribution in [0.2, 0.25) is 0 Å². The summed E-state index contributed by atoms with van der Waals surface area (Å²) in [6.07, 6.45) is 3.93. The number of nitrogens with zero attached hydrogens (tertiary/aromatic N) is 2. The molecule has 0 radical (unpaired) electrons. The number of hydrogen-bond acceptors (Lipinski definition) is 2. The fourth-order valence-corrected chi connectivity index (χ4v) is 2.71. The zero-order chi connectivity index (χ0) is 13.6. The van der Waals surface area contributed by atoms with E-state index in [9.17, 15) is 0 Å². The molecule has 2 aromatic heterocycles. The first-order valence-electron chi connectivity index (χ1n) is 6.37. The number of benzene rings is 1. The predicted molar refractivity (Wildman–Crippen MR) is 79.3 cm³/mol. The van der Waals surface area contributed by atoms with Crippen molar-refractivity contribution < 1.29 is 0 Å². The Labute approximate surface area is 112 Å². The summed E-state index contributed by atoms with van der Waals surface area (Å²) >= 11 is 0. The van der Waals surface area contributed by atoms with Gasteiger partial charge in [-0.05, 0) is 44.0 Å². The lowest BCUT2D eigenvalue weighted by atomic mass is 9.98. The van der Waals surface area contributed by atoms with Gasteiger partial charge in [-0.1, -0.05) is 17.7 Å². The fraction of sp³-hybridized carbons (Fsp3) is 0.188. The molecule has 0 fully saturated rings. The van der Waals surface area contributed by atoms with Crippen LogP contribution in [-0.2, 0) is 0 Å². The highest BCUT2D eigenvalue weighted by molar-refractivity contribution is 5.70. The number of nitrogens with two attached hydrogens (primary N) is 1. The Morgan fingerprint density at radius 2 is 1.68 bits per heavy atom. The summed E-state index contributed by atoms with van der Waals surface area (Å²) in [4.78, 5) is 4.68. The van der Waals surface area contributed by atoms with Gasteiger partial charge in [0.05, 0.1) is 5.69 Å². The highest BCUT2D eigenvalue weighted by Crippen LogP contribution is 2.28. The minimum atomic E-state index is 0.744. The Kier molecular flexibility index (Phi) is 2.56. The van der Waals surface area contributed by atoms with Crippen molar-refractivity contribution >= 4 is 11.3 Å². The Bertz CT molecular complexity index is 746. The molecule has 96 valence electrons. The van der Waals surface area contributed by atoms with E-state index in [-0.39, 0.29) is 0 Å². The number of fused-ring (bicyclic) bond motifs is 1.